The molecule has 12 heteroatoms. The van der Waals surface area contributed by atoms with Crippen LogP contribution in [0.15, 0.2) is 125 Å². The molecule has 7 rings (SSSR count). The van der Waals surface area contributed by atoms with Gasteiger partial charge in [-0.15, -0.1) is 21.6 Å². The summed E-state index contributed by atoms with van der Waals surface area (Å²) in [4.78, 5) is 8.61. The molecular weight excluding hydrogens is 618 g/mol. The Morgan fingerprint density at radius 3 is 2.36 bits per heavy atom. The standard InChI is InChI=1S/C33H23N5O4S2.Na.H/c34-32-24-9-2-1-8-23(24)30(44(39,40)41)16-27(32)38-37-21-11-13-26(36-18-21)31-28(42-19-20-6-5-15-35-17-20)14-12-25-22-7-3-4-10-29(22)43-33(25)31;;/h1-18H,19,34H2,(H,39,40,41);;. The summed E-state index contributed by atoms with van der Waals surface area (Å²) in [5.41, 5.74) is 9.60. The van der Waals surface area contributed by atoms with Crippen LogP contribution in [0, 0.1) is 0 Å². The van der Waals surface area contributed by atoms with Crippen molar-refractivity contribution in [2.75, 3.05) is 5.73 Å². The van der Waals surface area contributed by atoms with Crippen LogP contribution in [0.4, 0.5) is 17.1 Å². The number of hydrogen-bond acceptors (Lipinski definition) is 9. The van der Waals surface area contributed by atoms with Gasteiger partial charge in [0.15, 0.2) is 0 Å². The molecule has 0 spiro atoms. The number of nitrogens with zero attached hydrogens (tertiary/aromatic N) is 4. The summed E-state index contributed by atoms with van der Waals surface area (Å²) in [6.07, 6.45) is 5.08. The van der Waals surface area contributed by atoms with Crippen molar-refractivity contribution in [2.24, 2.45) is 10.2 Å². The van der Waals surface area contributed by atoms with Crippen molar-refractivity contribution < 1.29 is 17.7 Å². The molecular formula is C33H24N5NaO4S2. The molecule has 0 saturated heterocycles. The molecule has 0 fully saturated rings. The number of azo groups is 1. The summed E-state index contributed by atoms with van der Waals surface area (Å²) in [5.74, 6) is 0.691. The van der Waals surface area contributed by atoms with E-state index in [9.17, 15) is 13.0 Å². The van der Waals surface area contributed by atoms with Crippen molar-refractivity contribution in [1.82, 2.24) is 9.97 Å². The number of anilines is 1. The van der Waals surface area contributed by atoms with Crippen molar-refractivity contribution >= 4 is 99.0 Å². The van der Waals surface area contributed by atoms with Gasteiger partial charge in [0.1, 0.15) is 28.6 Å². The third-order valence-corrected chi connectivity index (χ3v) is 9.31. The van der Waals surface area contributed by atoms with Gasteiger partial charge >= 0.3 is 29.6 Å². The summed E-state index contributed by atoms with van der Waals surface area (Å²) >= 11 is 1.68. The van der Waals surface area contributed by atoms with Gasteiger partial charge in [-0.05, 0) is 42.5 Å². The first-order chi connectivity index (χ1) is 21.4. The number of pyridine rings is 2. The zero-order chi connectivity index (χ0) is 30.3. The van der Waals surface area contributed by atoms with E-state index in [0.717, 1.165) is 31.3 Å². The van der Waals surface area contributed by atoms with Gasteiger partial charge in [-0.1, -0.05) is 48.5 Å². The molecule has 0 aliphatic rings. The molecule has 3 aromatic heterocycles. The monoisotopic (exact) mass is 641 g/mol. The van der Waals surface area contributed by atoms with E-state index in [2.05, 4.69) is 33.4 Å². The molecule has 0 radical (unpaired) electrons. The number of thiophene rings is 1. The number of nitrogen functional groups attached to an aromatic ring is 1. The van der Waals surface area contributed by atoms with Gasteiger partial charge < -0.3 is 10.5 Å². The Bertz CT molecular complexity index is 2330. The van der Waals surface area contributed by atoms with E-state index in [1.165, 1.54) is 6.07 Å². The predicted octanol–water partition coefficient (Wildman–Crippen LogP) is 7.84. The Hall–Kier alpha value is -4.23. The molecule has 7 aromatic rings. The van der Waals surface area contributed by atoms with Crippen LogP contribution in [0.5, 0.6) is 5.75 Å². The molecule has 0 atom stereocenters. The molecule has 3 heterocycles. The van der Waals surface area contributed by atoms with E-state index in [0.29, 0.717) is 34.5 Å². The van der Waals surface area contributed by atoms with Gasteiger partial charge in [0.2, 0.25) is 0 Å². The summed E-state index contributed by atoms with van der Waals surface area (Å²) in [5, 5.41) is 11.5. The molecule has 0 unspecified atom stereocenters. The molecule has 45 heavy (non-hydrogen) atoms. The quantitative estimate of drug-likeness (QED) is 0.0782. The Balaban J connectivity index is 0.00000357. The van der Waals surface area contributed by atoms with Gasteiger partial charge in [-0.2, -0.15) is 8.42 Å². The van der Waals surface area contributed by atoms with Gasteiger partial charge in [0.05, 0.1) is 23.1 Å². The molecule has 0 bridgehead atoms. The minimum absolute atomic E-state index is 0. The Labute approximate surface area is 284 Å². The van der Waals surface area contributed by atoms with Crippen molar-refractivity contribution in [3.05, 3.63) is 115 Å². The molecule has 9 nitrogen and oxygen atoms in total. The van der Waals surface area contributed by atoms with Gasteiger partial charge in [0, 0.05) is 48.9 Å². The van der Waals surface area contributed by atoms with Crippen LogP contribution in [-0.4, -0.2) is 52.5 Å². The fourth-order valence-corrected chi connectivity index (χ4v) is 7.10. The van der Waals surface area contributed by atoms with Crippen LogP contribution in [0.3, 0.4) is 0 Å². The van der Waals surface area contributed by atoms with Gasteiger partial charge in [0.25, 0.3) is 10.1 Å². The second kappa shape index (κ2) is 12.6. The maximum absolute atomic E-state index is 12.1. The van der Waals surface area contributed by atoms with E-state index in [1.54, 1.807) is 60.3 Å². The zero-order valence-electron chi connectivity index (χ0n) is 23.0. The number of benzene rings is 4. The van der Waals surface area contributed by atoms with Crippen molar-refractivity contribution in [3.8, 4) is 17.0 Å². The predicted molar refractivity (Wildman–Crippen MR) is 181 cm³/mol. The van der Waals surface area contributed by atoms with Crippen LogP contribution in [-0.2, 0) is 16.7 Å². The molecule has 0 aliphatic heterocycles. The number of fused-ring (bicyclic) bond motifs is 4. The van der Waals surface area contributed by atoms with Crippen molar-refractivity contribution in [2.45, 2.75) is 11.5 Å². The first-order valence-electron chi connectivity index (χ1n) is 13.5. The van der Waals surface area contributed by atoms with Crippen LogP contribution in [0.2, 0.25) is 0 Å². The van der Waals surface area contributed by atoms with Crippen LogP contribution in [0.25, 0.3) is 42.2 Å². The van der Waals surface area contributed by atoms with Gasteiger partial charge in [-0.25, -0.2) is 0 Å². The minimum atomic E-state index is -4.53. The second-order valence-electron chi connectivity index (χ2n) is 9.99. The summed E-state index contributed by atoms with van der Waals surface area (Å²) in [7, 11) is -4.53. The Kier molecular flexibility index (Phi) is 8.65. The van der Waals surface area contributed by atoms with E-state index < -0.39 is 10.1 Å². The number of nitrogens with two attached hydrogens (primary N) is 1. The summed E-state index contributed by atoms with van der Waals surface area (Å²) in [6, 6.07) is 27.6. The number of ether oxygens (including phenoxy) is 1. The number of aromatic nitrogens is 2. The zero-order valence-corrected chi connectivity index (χ0v) is 24.6. The third kappa shape index (κ3) is 6.06. The van der Waals surface area contributed by atoms with E-state index >= 15 is 0 Å². The van der Waals surface area contributed by atoms with Crippen LogP contribution < -0.4 is 10.5 Å². The van der Waals surface area contributed by atoms with Crippen molar-refractivity contribution in [1.29, 1.82) is 0 Å². The average molecular weight is 642 g/mol. The van der Waals surface area contributed by atoms with E-state index in [-0.39, 0.29) is 45.8 Å². The molecule has 218 valence electrons. The fourth-order valence-electron chi connectivity index (χ4n) is 5.13. The first kappa shape index (κ1) is 30.8. The topological polar surface area (TPSA) is 140 Å². The number of hydrogen-bond donors (Lipinski definition) is 2. The summed E-state index contributed by atoms with van der Waals surface area (Å²) in [6.45, 7) is 0.349. The normalized spacial score (nSPS) is 11.8. The molecule has 4 aromatic carbocycles. The second-order valence-corrected chi connectivity index (χ2v) is 12.4. The first-order valence-corrected chi connectivity index (χ1v) is 15.8. The summed E-state index contributed by atoms with van der Waals surface area (Å²) < 4.78 is 42.5. The van der Waals surface area contributed by atoms with Crippen molar-refractivity contribution in [3.63, 3.8) is 0 Å². The van der Waals surface area contributed by atoms with Crippen LogP contribution in [0.1, 0.15) is 5.56 Å². The number of rotatable bonds is 7. The maximum atomic E-state index is 12.1. The molecule has 0 amide bonds. The third-order valence-electron chi connectivity index (χ3n) is 7.21. The fraction of sp³-hybridized carbons (Fsp3) is 0.0303. The van der Waals surface area contributed by atoms with Gasteiger partial charge in [-0.3, -0.25) is 14.5 Å². The Morgan fingerprint density at radius 1 is 0.844 bits per heavy atom. The van der Waals surface area contributed by atoms with E-state index in [4.69, 9.17) is 15.5 Å². The molecule has 3 N–H and O–H groups in total. The molecule has 0 aliphatic carbocycles. The molecule has 0 saturated carbocycles. The Morgan fingerprint density at radius 2 is 1.62 bits per heavy atom. The van der Waals surface area contributed by atoms with E-state index in [1.807, 2.05) is 36.4 Å². The SMILES string of the molecule is Nc1c(N=Nc2ccc(-c3c(OCc4cccnc4)ccc4c3sc3ccccc34)nc2)cc(S(=O)(=O)O)c2ccccc12.[NaH]. The van der Waals surface area contributed by atoms with Crippen LogP contribution >= 0.6 is 11.3 Å². The average Bonchev–Trinajstić information content (AvgIpc) is 3.42.